The van der Waals surface area contributed by atoms with E-state index in [0.717, 1.165) is 24.3 Å². The zero-order chi connectivity index (χ0) is 18.8. The van der Waals surface area contributed by atoms with Gasteiger partial charge in [0.1, 0.15) is 24.4 Å². The molecule has 4 aliphatic heterocycles. The topological polar surface area (TPSA) is 66.4 Å². The third-order valence-electron chi connectivity index (χ3n) is 5.48. The van der Waals surface area contributed by atoms with Crippen LogP contribution in [-0.4, -0.2) is 69.1 Å². The second-order valence-electron chi connectivity index (χ2n) is 8.33. The molecule has 4 rings (SSSR count). The van der Waals surface area contributed by atoms with Crippen molar-refractivity contribution < 1.29 is 28.8 Å². The van der Waals surface area contributed by atoms with Gasteiger partial charge in [0.15, 0.2) is 11.6 Å². The van der Waals surface area contributed by atoms with E-state index >= 15 is 0 Å². The molecular formula is C18H30O6S2. The molecular weight excluding hydrogens is 376 g/mol. The molecule has 150 valence electrons. The maximum Gasteiger partial charge on any atom is 0.229 e. The Bertz CT molecular complexity index is 550. The van der Waals surface area contributed by atoms with Gasteiger partial charge in [-0.3, -0.25) is 0 Å². The van der Waals surface area contributed by atoms with Gasteiger partial charge in [-0.05, 0) is 52.0 Å². The minimum Gasteiger partial charge on any atom is -0.385 e. The summed E-state index contributed by atoms with van der Waals surface area (Å²) in [5.74, 6) is -0.757. The van der Waals surface area contributed by atoms with Crippen LogP contribution in [0, 0.1) is 0 Å². The van der Waals surface area contributed by atoms with Gasteiger partial charge >= 0.3 is 0 Å². The molecule has 0 aromatic heterocycles. The summed E-state index contributed by atoms with van der Waals surface area (Å²) in [6.07, 6.45) is 0.0385. The highest BCUT2D eigenvalue weighted by atomic mass is 32.2. The van der Waals surface area contributed by atoms with E-state index in [2.05, 4.69) is 6.92 Å². The Labute approximate surface area is 164 Å². The Morgan fingerprint density at radius 3 is 2.38 bits per heavy atom. The van der Waals surface area contributed by atoms with Gasteiger partial charge in [-0.15, -0.1) is 23.5 Å². The van der Waals surface area contributed by atoms with Gasteiger partial charge < -0.3 is 28.8 Å². The lowest BCUT2D eigenvalue weighted by atomic mass is 9.90. The molecule has 4 aliphatic rings. The van der Waals surface area contributed by atoms with Crippen molar-refractivity contribution in [2.75, 3.05) is 18.1 Å². The summed E-state index contributed by atoms with van der Waals surface area (Å²) < 4.78 is 30.5. The van der Waals surface area contributed by atoms with Gasteiger partial charge in [0.2, 0.25) is 5.79 Å². The highest BCUT2D eigenvalue weighted by Crippen LogP contribution is 2.56. The van der Waals surface area contributed by atoms with Crippen molar-refractivity contribution >= 4 is 23.5 Å². The Morgan fingerprint density at radius 2 is 1.73 bits per heavy atom. The van der Waals surface area contributed by atoms with Crippen molar-refractivity contribution in [1.82, 2.24) is 0 Å². The first-order chi connectivity index (χ1) is 12.1. The Balaban J connectivity index is 1.70. The van der Waals surface area contributed by atoms with E-state index in [1.807, 2.05) is 27.7 Å². The molecule has 6 nitrogen and oxygen atoms in total. The van der Waals surface area contributed by atoms with Crippen LogP contribution in [0.3, 0.4) is 0 Å². The Morgan fingerprint density at radius 1 is 1.04 bits per heavy atom. The molecule has 0 radical (unpaired) electrons. The first-order valence-corrected chi connectivity index (χ1v) is 11.4. The summed E-state index contributed by atoms with van der Waals surface area (Å²) in [6.45, 7) is 9.94. The number of aliphatic hydroxyl groups excluding tert-OH is 1. The van der Waals surface area contributed by atoms with E-state index in [-0.39, 0.29) is 16.3 Å². The molecule has 4 fully saturated rings. The zero-order valence-electron chi connectivity index (χ0n) is 16.1. The molecule has 4 saturated heterocycles. The summed E-state index contributed by atoms with van der Waals surface area (Å²) in [7, 11) is 0. The number of rotatable bonds is 3. The van der Waals surface area contributed by atoms with Gasteiger partial charge in [-0.1, -0.05) is 6.92 Å². The van der Waals surface area contributed by atoms with Gasteiger partial charge in [-0.25, -0.2) is 0 Å². The maximum atomic E-state index is 11.6. The molecule has 0 saturated carbocycles. The lowest BCUT2D eigenvalue weighted by Gasteiger charge is -2.50. The monoisotopic (exact) mass is 406 g/mol. The third kappa shape index (κ3) is 3.05. The number of fused-ring (bicyclic) bond motifs is 3. The molecule has 4 heterocycles. The second kappa shape index (κ2) is 6.49. The standard InChI is InChI=1S/C18H30O6S2/c1-6-17(25-8-7-9-26-17)14(19)18-13(23-16(4,5)24-18)12-11(10-20-18)21-15(2,3)22-12/h11-14,19H,6-10H2,1-5H3/t11-,12-,13+,14-,18-/m1/s1. The number of hydrogen-bond acceptors (Lipinski definition) is 8. The highest BCUT2D eigenvalue weighted by Gasteiger charge is 2.70. The fourth-order valence-electron chi connectivity index (χ4n) is 4.47. The summed E-state index contributed by atoms with van der Waals surface area (Å²) in [6, 6.07) is 0. The molecule has 0 amide bonds. The van der Waals surface area contributed by atoms with Crippen LogP contribution in [0.15, 0.2) is 0 Å². The van der Waals surface area contributed by atoms with E-state index in [1.165, 1.54) is 0 Å². The third-order valence-corrected chi connectivity index (χ3v) is 9.17. The van der Waals surface area contributed by atoms with E-state index in [0.29, 0.717) is 6.61 Å². The minimum absolute atomic E-state index is 0.225. The van der Waals surface area contributed by atoms with Crippen LogP contribution in [-0.2, 0) is 23.7 Å². The van der Waals surface area contributed by atoms with Crippen LogP contribution in [0.1, 0.15) is 47.5 Å². The molecule has 0 bridgehead atoms. The van der Waals surface area contributed by atoms with Crippen molar-refractivity contribution in [3.8, 4) is 0 Å². The van der Waals surface area contributed by atoms with Gasteiger partial charge in [0.05, 0.1) is 10.7 Å². The smallest absolute Gasteiger partial charge is 0.229 e. The van der Waals surface area contributed by atoms with E-state index in [1.54, 1.807) is 23.5 Å². The largest absolute Gasteiger partial charge is 0.385 e. The average molecular weight is 407 g/mol. The number of thioether (sulfide) groups is 2. The van der Waals surface area contributed by atoms with Crippen LogP contribution >= 0.6 is 23.5 Å². The van der Waals surface area contributed by atoms with E-state index < -0.39 is 29.6 Å². The molecule has 0 aromatic rings. The molecule has 5 atom stereocenters. The average Bonchev–Trinajstić information content (AvgIpc) is 3.06. The fourth-order valence-corrected chi connectivity index (χ4v) is 7.80. The minimum atomic E-state index is -1.25. The van der Waals surface area contributed by atoms with Gasteiger partial charge in [0.25, 0.3) is 0 Å². The summed E-state index contributed by atoms with van der Waals surface area (Å²) >= 11 is 3.61. The SMILES string of the molecule is CCC1([C@@H](O)[C@@]23OC[C@H]4OC(C)(C)O[C@H]4[C@@H]2OC(C)(C)O3)SCCCS1. The van der Waals surface area contributed by atoms with E-state index in [9.17, 15) is 5.11 Å². The lowest BCUT2D eigenvalue weighted by Crippen LogP contribution is -2.67. The summed E-state index contributed by atoms with van der Waals surface area (Å²) in [5.41, 5.74) is 0. The number of aliphatic hydroxyl groups is 1. The molecule has 0 unspecified atom stereocenters. The van der Waals surface area contributed by atoms with Crippen LogP contribution in [0.25, 0.3) is 0 Å². The van der Waals surface area contributed by atoms with Crippen molar-refractivity contribution in [3.05, 3.63) is 0 Å². The molecule has 0 aliphatic carbocycles. The second-order valence-corrected chi connectivity index (χ2v) is 11.4. The normalized spacial score (nSPS) is 44.3. The van der Waals surface area contributed by atoms with Gasteiger partial charge in [-0.2, -0.15) is 0 Å². The van der Waals surface area contributed by atoms with Crippen molar-refractivity contribution in [2.24, 2.45) is 0 Å². The first-order valence-electron chi connectivity index (χ1n) is 9.47. The molecule has 26 heavy (non-hydrogen) atoms. The van der Waals surface area contributed by atoms with Crippen LogP contribution in [0.4, 0.5) is 0 Å². The quantitative estimate of drug-likeness (QED) is 0.767. The zero-order valence-corrected chi connectivity index (χ0v) is 17.8. The molecule has 1 N–H and O–H groups in total. The Kier molecular flexibility index (Phi) is 4.93. The first kappa shape index (κ1) is 19.8. The van der Waals surface area contributed by atoms with E-state index in [4.69, 9.17) is 23.7 Å². The Hall–Kier alpha value is 0.460. The highest BCUT2D eigenvalue weighted by molar-refractivity contribution is 8.18. The maximum absolute atomic E-state index is 11.6. The fraction of sp³-hybridized carbons (Fsp3) is 1.00. The summed E-state index contributed by atoms with van der Waals surface area (Å²) in [5, 5.41) is 11.6. The predicted octanol–water partition coefficient (Wildman–Crippen LogP) is 2.72. The van der Waals surface area contributed by atoms with Crippen LogP contribution in [0.5, 0.6) is 0 Å². The van der Waals surface area contributed by atoms with Crippen LogP contribution < -0.4 is 0 Å². The molecule has 8 heteroatoms. The number of hydrogen-bond donors (Lipinski definition) is 1. The van der Waals surface area contributed by atoms with Crippen molar-refractivity contribution in [2.45, 2.75) is 93.3 Å². The summed E-state index contributed by atoms with van der Waals surface area (Å²) in [4.78, 5) is 0. The molecule has 0 aromatic carbocycles. The van der Waals surface area contributed by atoms with Gasteiger partial charge in [0, 0.05) is 0 Å². The molecule has 0 spiro atoms. The van der Waals surface area contributed by atoms with Crippen molar-refractivity contribution in [1.29, 1.82) is 0 Å². The predicted molar refractivity (Wildman–Crippen MR) is 101 cm³/mol. The van der Waals surface area contributed by atoms with Crippen molar-refractivity contribution in [3.63, 3.8) is 0 Å². The van der Waals surface area contributed by atoms with Crippen LogP contribution in [0.2, 0.25) is 0 Å². The lowest BCUT2D eigenvalue weighted by molar-refractivity contribution is -0.319. The number of ether oxygens (including phenoxy) is 5.